The first kappa shape index (κ1) is 25.6. The van der Waals surface area contributed by atoms with E-state index in [0.29, 0.717) is 63.4 Å². The molecule has 2 aliphatic rings. The lowest BCUT2D eigenvalue weighted by Crippen LogP contribution is -2.33. The van der Waals surface area contributed by atoms with E-state index in [-0.39, 0.29) is 52.9 Å². The summed E-state index contributed by atoms with van der Waals surface area (Å²) in [5.74, 6) is -1.13. The molecule has 0 unspecified atom stereocenters. The number of rotatable bonds is 7. The summed E-state index contributed by atoms with van der Waals surface area (Å²) in [5, 5.41) is 9.59. The van der Waals surface area contributed by atoms with Crippen LogP contribution in [0.2, 0.25) is 0 Å². The van der Waals surface area contributed by atoms with E-state index in [4.69, 9.17) is 14.2 Å². The summed E-state index contributed by atoms with van der Waals surface area (Å²) in [7, 11) is 0. The van der Waals surface area contributed by atoms with Gasteiger partial charge in [0.1, 0.15) is 17.6 Å². The van der Waals surface area contributed by atoms with Crippen molar-refractivity contribution in [3.63, 3.8) is 0 Å². The van der Waals surface area contributed by atoms with Gasteiger partial charge in [0.2, 0.25) is 0 Å². The maximum absolute atomic E-state index is 12.6. The molecule has 1 N–H and O–H groups in total. The Balaban J connectivity index is 1.23. The first-order chi connectivity index (χ1) is 17.4. The summed E-state index contributed by atoms with van der Waals surface area (Å²) < 4.78 is 16.4. The van der Waals surface area contributed by atoms with Crippen molar-refractivity contribution >= 4 is 24.2 Å². The Hall–Kier alpha value is -3.52. The molecule has 0 aromatic heterocycles. The summed E-state index contributed by atoms with van der Waals surface area (Å²) in [6, 6.07) is 12.5. The maximum Gasteiger partial charge on any atom is 0.344 e. The lowest BCUT2D eigenvalue weighted by Gasteiger charge is -2.29. The standard InChI is InChI=1S/C28H30O8/c29-17-20-3-1-2-4-25(20)28(33)36-24-15-13-23(14-16-24)35-27(32)19-7-5-18(6-8-19)26(31)34-22-11-9-21(30)10-12-22/h1-4,13-19,21-22,30H,5-12H2. The fourth-order valence-electron chi connectivity index (χ4n) is 4.71. The highest BCUT2D eigenvalue weighted by Crippen LogP contribution is 2.32. The Morgan fingerprint density at radius 3 is 1.89 bits per heavy atom. The second-order valence-electron chi connectivity index (χ2n) is 9.40. The maximum atomic E-state index is 12.6. The molecular formula is C28H30O8. The van der Waals surface area contributed by atoms with Crippen LogP contribution in [-0.4, -0.2) is 41.5 Å². The molecule has 0 saturated heterocycles. The van der Waals surface area contributed by atoms with Gasteiger partial charge in [-0.25, -0.2) is 4.79 Å². The molecule has 190 valence electrons. The molecule has 0 atom stereocenters. The number of carbonyl (C=O) groups is 4. The van der Waals surface area contributed by atoms with E-state index in [1.54, 1.807) is 12.1 Å². The monoisotopic (exact) mass is 494 g/mol. The van der Waals surface area contributed by atoms with Gasteiger partial charge in [-0.3, -0.25) is 14.4 Å². The highest BCUT2D eigenvalue weighted by atomic mass is 16.5. The minimum atomic E-state index is -0.654. The van der Waals surface area contributed by atoms with Crippen LogP contribution in [0.3, 0.4) is 0 Å². The van der Waals surface area contributed by atoms with Gasteiger partial charge in [0.05, 0.1) is 23.5 Å². The number of aliphatic hydroxyl groups is 1. The fraction of sp³-hybridized carbons (Fsp3) is 0.429. The fourth-order valence-corrected chi connectivity index (χ4v) is 4.71. The van der Waals surface area contributed by atoms with Crippen LogP contribution in [0.15, 0.2) is 48.5 Å². The van der Waals surface area contributed by atoms with Crippen molar-refractivity contribution in [2.24, 2.45) is 11.8 Å². The molecule has 4 rings (SSSR count). The largest absolute Gasteiger partial charge is 0.462 e. The Bertz CT molecular complexity index is 1080. The van der Waals surface area contributed by atoms with Gasteiger partial charge >= 0.3 is 17.9 Å². The van der Waals surface area contributed by atoms with Gasteiger partial charge in [0.15, 0.2) is 6.29 Å². The van der Waals surface area contributed by atoms with Gasteiger partial charge in [-0.2, -0.15) is 0 Å². The summed E-state index contributed by atoms with van der Waals surface area (Å²) in [6.45, 7) is 0. The zero-order chi connectivity index (χ0) is 25.5. The van der Waals surface area contributed by atoms with Crippen molar-refractivity contribution in [3.05, 3.63) is 59.7 Å². The molecule has 36 heavy (non-hydrogen) atoms. The average molecular weight is 495 g/mol. The second-order valence-corrected chi connectivity index (χ2v) is 9.40. The lowest BCUT2D eigenvalue weighted by molar-refractivity contribution is -0.159. The van der Waals surface area contributed by atoms with Crippen LogP contribution in [0.4, 0.5) is 0 Å². The number of carbonyl (C=O) groups excluding carboxylic acids is 4. The van der Waals surface area contributed by atoms with Gasteiger partial charge in [0.25, 0.3) is 0 Å². The molecule has 2 aromatic carbocycles. The van der Waals surface area contributed by atoms with Crippen molar-refractivity contribution in [1.29, 1.82) is 0 Å². The van der Waals surface area contributed by atoms with E-state index in [0.717, 1.165) is 0 Å². The van der Waals surface area contributed by atoms with Gasteiger partial charge in [-0.05, 0) is 81.7 Å². The first-order valence-corrected chi connectivity index (χ1v) is 12.4. The van der Waals surface area contributed by atoms with Crippen LogP contribution >= 0.6 is 0 Å². The molecule has 2 fully saturated rings. The summed E-state index contributed by atoms with van der Waals surface area (Å²) >= 11 is 0. The van der Waals surface area contributed by atoms with E-state index >= 15 is 0 Å². The molecule has 2 saturated carbocycles. The average Bonchev–Trinajstić information content (AvgIpc) is 2.91. The highest BCUT2D eigenvalue weighted by molar-refractivity contribution is 5.99. The zero-order valence-corrected chi connectivity index (χ0v) is 20.0. The Labute approximate surface area is 209 Å². The summed E-state index contributed by atoms with van der Waals surface area (Å²) in [6.07, 6.45) is 5.14. The van der Waals surface area contributed by atoms with Gasteiger partial charge in [-0.1, -0.05) is 18.2 Å². The Kier molecular flexibility index (Phi) is 8.48. The van der Waals surface area contributed by atoms with E-state index in [2.05, 4.69) is 0 Å². The molecule has 0 heterocycles. The zero-order valence-electron chi connectivity index (χ0n) is 20.0. The van der Waals surface area contributed by atoms with Crippen LogP contribution in [0.1, 0.15) is 72.1 Å². The number of hydrogen-bond donors (Lipinski definition) is 1. The second kappa shape index (κ2) is 11.9. The molecule has 0 amide bonds. The normalized spacial score (nSPS) is 23.8. The van der Waals surface area contributed by atoms with Crippen LogP contribution < -0.4 is 9.47 Å². The van der Waals surface area contributed by atoms with Gasteiger partial charge in [-0.15, -0.1) is 0 Å². The predicted octanol–water partition coefficient (Wildman–Crippen LogP) is 4.28. The van der Waals surface area contributed by atoms with Crippen LogP contribution in [0, 0.1) is 11.8 Å². The molecule has 2 aromatic rings. The summed E-state index contributed by atoms with van der Waals surface area (Å²) in [4.78, 5) is 48.6. The molecule has 8 heteroatoms. The lowest BCUT2D eigenvalue weighted by atomic mass is 9.82. The van der Waals surface area contributed by atoms with Crippen molar-refractivity contribution < 1.29 is 38.5 Å². The van der Waals surface area contributed by atoms with Crippen LogP contribution in [0.25, 0.3) is 0 Å². The minimum absolute atomic E-state index is 0.120. The number of ether oxygens (including phenoxy) is 3. The van der Waals surface area contributed by atoms with E-state index in [9.17, 15) is 24.3 Å². The van der Waals surface area contributed by atoms with E-state index in [1.807, 2.05) is 0 Å². The first-order valence-electron chi connectivity index (χ1n) is 12.4. The molecule has 0 bridgehead atoms. The number of benzene rings is 2. The SMILES string of the molecule is O=Cc1ccccc1C(=O)Oc1ccc(OC(=O)C2CCC(C(=O)OC3CCC(O)CC3)CC2)cc1. The molecule has 0 spiro atoms. The third kappa shape index (κ3) is 6.57. The van der Waals surface area contributed by atoms with E-state index < -0.39 is 5.97 Å². The number of aldehydes is 1. The van der Waals surface area contributed by atoms with Gasteiger partial charge < -0.3 is 19.3 Å². The number of aliphatic hydroxyl groups excluding tert-OH is 1. The van der Waals surface area contributed by atoms with Crippen molar-refractivity contribution in [2.45, 2.75) is 63.6 Å². The highest BCUT2D eigenvalue weighted by Gasteiger charge is 2.33. The molecule has 0 aliphatic heterocycles. The smallest absolute Gasteiger partial charge is 0.344 e. The van der Waals surface area contributed by atoms with Gasteiger partial charge in [0, 0.05) is 5.56 Å². The summed E-state index contributed by atoms with van der Waals surface area (Å²) in [5.41, 5.74) is 0.407. The number of hydrogen-bond acceptors (Lipinski definition) is 8. The molecular weight excluding hydrogens is 464 g/mol. The topological polar surface area (TPSA) is 116 Å². The van der Waals surface area contributed by atoms with Crippen molar-refractivity contribution in [2.75, 3.05) is 0 Å². The Morgan fingerprint density at radius 2 is 1.28 bits per heavy atom. The van der Waals surface area contributed by atoms with Crippen LogP contribution in [0.5, 0.6) is 11.5 Å². The predicted molar refractivity (Wildman–Crippen MR) is 129 cm³/mol. The third-order valence-corrected chi connectivity index (χ3v) is 6.88. The Morgan fingerprint density at radius 1 is 0.722 bits per heavy atom. The van der Waals surface area contributed by atoms with Crippen molar-refractivity contribution in [3.8, 4) is 11.5 Å². The van der Waals surface area contributed by atoms with Crippen molar-refractivity contribution in [1.82, 2.24) is 0 Å². The molecule has 2 aliphatic carbocycles. The van der Waals surface area contributed by atoms with E-state index in [1.165, 1.54) is 36.4 Å². The third-order valence-electron chi connectivity index (χ3n) is 6.88. The molecule has 0 radical (unpaired) electrons. The minimum Gasteiger partial charge on any atom is -0.462 e. The molecule has 8 nitrogen and oxygen atoms in total. The quantitative estimate of drug-likeness (QED) is 0.345. The van der Waals surface area contributed by atoms with Crippen LogP contribution in [-0.2, 0) is 14.3 Å². The number of esters is 3.